The van der Waals surface area contributed by atoms with Gasteiger partial charge in [-0.3, -0.25) is 4.68 Å². The summed E-state index contributed by atoms with van der Waals surface area (Å²) in [5.74, 6) is -0.302. The fourth-order valence-electron chi connectivity index (χ4n) is 2.53. The van der Waals surface area contributed by atoms with E-state index in [1.807, 2.05) is 25.6 Å². The molecule has 6 nitrogen and oxygen atoms in total. The number of carbonyl (C=O) groups is 1. The van der Waals surface area contributed by atoms with Crippen LogP contribution in [0.15, 0.2) is 17.3 Å². The molecule has 1 aliphatic rings. The number of allylic oxidation sites excluding steroid dienone is 1. The molecular weight excluding hydrogens is 332 g/mol. The van der Waals surface area contributed by atoms with Crippen molar-refractivity contribution < 1.29 is 9.53 Å². The van der Waals surface area contributed by atoms with Gasteiger partial charge in [-0.25, -0.2) is 4.79 Å². The summed E-state index contributed by atoms with van der Waals surface area (Å²) >= 11 is 6.69. The lowest BCUT2D eigenvalue weighted by atomic mass is 10.2. The molecule has 1 aliphatic heterocycles. The van der Waals surface area contributed by atoms with Crippen LogP contribution in [0.4, 0.5) is 0 Å². The van der Waals surface area contributed by atoms with Crippen LogP contribution in [0.3, 0.4) is 0 Å². The second-order valence-electron chi connectivity index (χ2n) is 5.44. The molecule has 0 fully saturated rings. The van der Waals surface area contributed by atoms with Gasteiger partial charge in [0.25, 0.3) is 0 Å². The van der Waals surface area contributed by atoms with Gasteiger partial charge in [-0.1, -0.05) is 0 Å². The fourth-order valence-corrected chi connectivity index (χ4v) is 3.85. The first-order valence-electron chi connectivity index (χ1n) is 7.29. The van der Waals surface area contributed by atoms with Gasteiger partial charge in [0, 0.05) is 29.4 Å². The molecular formula is C15H18N4O2S2. The quantitative estimate of drug-likeness (QED) is 0.647. The summed E-state index contributed by atoms with van der Waals surface area (Å²) in [6.45, 7) is 4.59. The fraction of sp³-hybridized carbons (Fsp3) is 0.400. The number of carbonyl (C=O) groups excluding carboxylic acids is 1. The molecule has 0 saturated heterocycles. The maximum absolute atomic E-state index is 12.1. The number of thiocarbonyl (C=S) groups is 1. The molecule has 2 N–H and O–H groups in total. The van der Waals surface area contributed by atoms with Crippen molar-refractivity contribution in [2.75, 3.05) is 13.2 Å². The van der Waals surface area contributed by atoms with Crippen molar-refractivity contribution in [2.45, 2.75) is 20.3 Å². The Morgan fingerprint density at radius 1 is 1.52 bits per heavy atom. The van der Waals surface area contributed by atoms with Crippen LogP contribution in [0.5, 0.6) is 0 Å². The summed E-state index contributed by atoms with van der Waals surface area (Å²) in [4.78, 5) is 14.5. The summed E-state index contributed by atoms with van der Waals surface area (Å²) in [6.07, 6.45) is 0.704. The lowest BCUT2D eigenvalue weighted by molar-refractivity contribution is -0.139. The van der Waals surface area contributed by atoms with Crippen LogP contribution in [0.25, 0.3) is 10.2 Å². The molecule has 0 aliphatic carbocycles. The second kappa shape index (κ2) is 6.29. The third kappa shape index (κ3) is 3.23. The van der Waals surface area contributed by atoms with E-state index in [2.05, 4.69) is 21.8 Å². The van der Waals surface area contributed by atoms with Gasteiger partial charge in [0.05, 0.1) is 24.4 Å². The third-order valence-electron chi connectivity index (χ3n) is 3.75. The number of esters is 1. The van der Waals surface area contributed by atoms with Crippen molar-refractivity contribution >= 4 is 44.9 Å². The Morgan fingerprint density at radius 3 is 3.00 bits per heavy atom. The Labute approximate surface area is 143 Å². The van der Waals surface area contributed by atoms with E-state index in [4.69, 9.17) is 17.0 Å². The first kappa shape index (κ1) is 15.9. The largest absolute Gasteiger partial charge is 0.462 e. The zero-order valence-electron chi connectivity index (χ0n) is 13.2. The maximum Gasteiger partial charge on any atom is 0.337 e. The number of nitrogens with zero attached hydrogens (tertiary/aromatic N) is 2. The average Bonchev–Trinajstić information content (AvgIpc) is 3.01. The highest BCUT2D eigenvalue weighted by Gasteiger charge is 2.19. The summed E-state index contributed by atoms with van der Waals surface area (Å²) in [5, 5.41) is 12.0. The Hall–Kier alpha value is -1.93. The van der Waals surface area contributed by atoms with Crippen molar-refractivity contribution in [2.24, 2.45) is 7.05 Å². The normalized spacial score (nSPS) is 14.8. The molecule has 0 radical (unpaired) electrons. The van der Waals surface area contributed by atoms with Gasteiger partial charge in [-0.2, -0.15) is 5.10 Å². The first-order valence-corrected chi connectivity index (χ1v) is 8.52. The van der Waals surface area contributed by atoms with Crippen LogP contribution in [-0.2, 0) is 23.0 Å². The summed E-state index contributed by atoms with van der Waals surface area (Å²) in [5.41, 5.74) is 2.37. The SMILES string of the molecule is CC1=C(C(=O)OCCc2cc3c(C)nn(C)c3s2)CNC(=S)N1. The van der Waals surface area contributed by atoms with E-state index >= 15 is 0 Å². The monoisotopic (exact) mass is 350 g/mol. The van der Waals surface area contributed by atoms with Gasteiger partial charge in [0.15, 0.2) is 5.11 Å². The maximum atomic E-state index is 12.1. The Morgan fingerprint density at radius 2 is 2.30 bits per heavy atom. The van der Waals surface area contributed by atoms with Crippen LogP contribution in [0.2, 0.25) is 0 Å². The highest BCUT2D eigenvalue weighted by molar-refractivity contribution is 7.80. The van der Waals surface area contributed by atoms with Crippen molar-refractivity contribution in [3.63, 3.8) is 0 Å². The van der Waals surface area contributed by atoms with Gasteiger partial charge >= 0.3 is 5.97 Å². The number of nitrogens with one attached hydrogen (secondary N) is 2. The molecule has 0 unspecified atom stereocenters. The second-order valence-corrected chi connectivity index (χ2v) is 6.96. The Bertz CT molecular complexity index is 784. The summed E-state index contributed by atoms with van der Waals surface area (Å²) in [6, 6.07) is 2.13. The zero-order valence-corrected chi connectivity index (χ0v) is 14.9. The molecule has 23 heavy (non-hydrogen) atoms. The molecule has 0 amide bonds. The third-order valence-corrected chi connectivity index (χ3v) is 5.26. The molecule has 0 bridgehead atoms. The molecule has 8 heteroatoms. The first-order chi connectivity index (χ1) is 11.0. The van der Waals surface area contributed by atoms with E-state index in [1.165, 1.54) is 10.3 Å². The minimum absolute atomic E-state index is 0.302. The number of aryl methyl sites for hydroxylation is 2. The summed E-state index contributed by atoms with van der Waals surface area (Å²) < 4.78 is 7.28. The predicted octanol–water partition coefficient (Wildman–Crippen LogP) is 1.78. The van der Waals surface area contributed by atoms with E-state index in [0.29, 0.717) is 30.3 Å². The van der Waals surface area contributed by atoms with Crippen LogP contribution >= 0.6 is 23.6 Å². The summed E-state index contributed by atoms with van der Waals surface area (Å²) in [7, 11) is 1.94. The zero-order chi connectivity index (χ0) is 16.6. The van der Waals surface area contributed by atoms with Crippen molar-refractivity contribution in [3.8, 4) is 0 Å². The number of thiophene rings is 1. The average molecular weight is 350 g/mol. The topological polar surface area (TPSA) is 68.2 Å². The number of hydrogen-bond donors (Lipinski definition) is 2. The number of ether oxygens (including phenoxy) is 1. The van der Waals surface area contributed by atoms with E-state index in [0.717, 1.165) is 16.2 Å². The highest BCUT2D eigenvalue weighted by Crippen LogP contribution is 2.27. The lowest BCUT2D eigenvalue weighted by Gasteiger charge is -2.20. The predicted molar refractivity (Wildman–Crippen MR) is 94.4 cm³/mol. The minimum atomic E-state index is -0.302. The Kier molecular flexibility index (Phi) is 4.36. The number of aromatic nitrogens is 2. The Balaban J connectivity index is 1.60. The van der Waals surface area contributed by atoms with Crippen molar-refractivity contribution in [3.05, 3.63) is 27.9 Å². The van der Waals surface area contributed by atoms with E-state index in [-0.39, 0.29) is 5.97 Å². The highest BCUT2D eigenvalue weighted by atomic mass is 32.1. The lowest BCUT2D eigenvalue weighted by Crippen LogP contribution is -2.43. The van der Waals surface area contributed by atoms with E-state index < -0.39 is 0 Å². The van der Waals surface area contributed by atoms with Crippen molar-refractivity contribution in [1.29, 1.82) is 0 Å². The van der Waals surface area contributed by atoms with Crippen LogP contribution in [-0.4, -0.2) is 34.0 Å². The van der Waals surface area contributed by atoms with Crippen LogP contribution in [0.1, 0.15) is 17.5 Å². The molecule has 0 atom stereocenters. The molecule has 122 valence electrons. The minimum Gasteiger partial charge on any atom is -0.462 e. The number of hydrogen-bond acceptors (Lipinski definition) is 5. The number of rotatable bonds is 4. The van der Waals surface area contributed by atoms with Crippen LogP contribution < -0.4 is 10.6 Å². The van der Waals surface area contributed by atoms with Gasteiger partial charge in [0.1, 0.15) is 4.83 Å². The smallest absolute Gasteiger partial charge is 0.337 e. The molecule has 3 rings (SSSR count). The van der Waals surface area contributed by atoms with Crippen molar-refractivity contribution in [1.82, 2.24) is 20.4 Å². The molecule has 0 spiro atoms. The van der Waals surface area contributed by atoms with Gasteiger partial charge in [-0.15, -0.1) is 11.3 Å². The molecule has 0 saturated carbocycles. The van der Waals surface area contributed by atoms with Crippen LogP contribution in [0, 0.1) is 6.92 Å². The van der Waals surface area contributed by atoms with Gasteiger partial charge in [-0.05, 0) is 32.1 Å². The molecule has 0 aromatic carbocycles. The van der Waals surface area contributed by atoms with Gasteiger partial charge in [0.2, 0.25) is 0 Å². The number of fused-ring (bicyclic) bond motifs is 1. The molecule has 2 aromatic rings. The van der Waals surface area contributed by atoms with E-state index in [1.54, 1.807) is 11.3 Å². The van der Waals surface area contributed by atoms with E-state index in [9.17, 15) is 4.79 Å². The molecule has 2 aromatic heterocycles. The standard InChI is InChI=1S/C15H18N4O2S2/c1-8-12(7-16-15(22)17-8)14(20)21-5-4-10-6-11-9(2)18-19(3)13(11)23-10/h6H,4-5,7H2,1-3H3,(H2,16,17,22). The van der Waals surface area contributed by atoms with Gasteiger partial charge < -0.3 is 15.4 Å². The molecule has 3 heterocycles.